The number of fused-ring (bicyclic) bond motifs is 1. The fourth-order valence-corrected chi connectivity index (χ4v) is 4.27. The maximum absolute atomic E-state index is 14.4. The summed E-state index contributed by atoms with van der Waals surface area (Å²) in [6.07, 6.45) is 6.20. The van der Waals surface area contributed by atoms with E-state index in [9.17, 15) is 13.6 Å². The second-order valence-electron chi connectivity index (χ2n) is 6.82. The molecule has 0 saturated carbocycles. The van der Waals surface area contributed by atoms with E-state index < -0.39 is 17.2 Å². The summed E-state index contributed by atoms with van der Waals surface area (Å²) in [6.45, 7) is 5.69. The average molecular weight is 380 g/mol. The zero-order valence-corrected chi connectivity index (χ0v) is 15.7. The van der Waals surface area contributed by atoms with Crippen LogP contribution in [-0.2, 0) is 20.7 Å². The van der Waals surface area contributed by atoms with Crippen LogP contribution in [0, 0.1) is 23.5 Å². The summed E-state index contributed by atoms with van der Waals surface area (Å²) in [5.41, 5.74) is -0.489. The topological polar surface area (TPSA) is 35.5 Å². The number of carbonyl (C=O) groups excluding carboxylic acids is 1. The van der Waals surface area contributed by atoms with Crippen LogP contribution in [0.5, 0.6) is 0 Å². The zero-order valence-electron chi connectivity index (χ0n) is 14.9. The minimum absolute atomic E-state index is 0.00484. The van der Waals surface area contributed by atoms with Gasteiger partial charge in [-0.15, -0.1) is 18.3 Å². The Bertz CT molecular complexity index is 762. The number of allylic oxidation sites excluding steroid dienone is 2. The summed E-state index contributed by atoms with van der Waals surface area (Å²) in [5.74, 6) is -0.794. The van der Waals surface area contributed by atoms with Gasteiger partial charge in [-0.3, -0.25) is 4.79 Å². The standard InChI is InChI=1S/C20H22F2O3S/c1-4-5-13-10-20(19(9-17(13)23)24-11-25-20)12(2)6-14-7-16(22)18(26-3)8-15(14)21/h4,7-9,12-13H,1,5-6,10-11H2,2-3H3/t12?,13-,20+/m0/s1. The summed E-state index contributed by atoms with van der Waals surface area (Å²) < 4.78 is 40.0. The van der Waals surface area contributed by atoms with Crippen LogP contribution in [0.3, 0.4) is 0 Å². The van der Waals surface area contributed by atoms with Crippen LogP contribution in [0.25, 0.3) is 0 Å². The molecule has 0 amide bonds. The van der Waals surface area contributed by atoms with Gasteiger partial charge in [0.25, 0.3) is 0 Å². The van der Waals surface area contributed by atoms with E-state index in [4.69, 9.17) is 9.47 Å². The molecule has 3 nitrogen and oxygen atoms in total. The number of ketones is 1. The SMILES string of the molecule is C=CC[C@H]1C[C@]2(C(C)Cc3cc(F)c(SC)cc3F)OCOC2=CC1=O. The second-order valence-corrected chi connectivity index (χ2v) is 7.66. The average Bonchev–Trinajstić information content (AvgIpc) is 3.02. The molecule has 1 fully saturated rings. The molecule has 1 unspecified atom stereocenters. The van der Waals surface area contributed by atoms with Crippen LogP contribution < -0.4 is 0 Å². The molecule has 140 valence electrons. The van der Waals surface area contributed by atoms with Crippen LogP contribution in [0.1, 0.15) is 25.3 Å². The van der Waals surface area contributed by atoms with Crippen molar-refractivity contribution in [1.29, 1.82) is 0 Å². The largest absolute Gasteiger partial charge is 0.469 e. The van der Waals surface area contributed by atoms with Gasteiger partial charge < -0.3 is 9.47 Å². The monoisotopic (exact) mass is 380 g/mol. The first-order valence-corrected chi connectivity index (χ1v) is 9.79. The molecule has 3 rings (SSSR count). The summed E-state index contributed by atoms with van der Waals surface area (Å²) >= 11 is 1.17. The number of hydrogen-bond acceptors (Lipinski definition) is 4. The number of halogens is 2. The molecule has 1 aromatic rings. The minimum atomic E-state index is -0.789. The Morgan fingerprint density at radius 2 is 2.19 bits per heavy atom. The molecular weight excluding hydrogens is 358 g/mol. The first kappa shape index (κ1) is 19.1. The van der Waals surface area contributed by atoms with Crippen molar-refractivity contribution in [3.63, 3.8) is 0 Å². The van der Waals surface area contributed by atoms with Crippen molar-refractivity contribution in [2.75, 3.05) is 13.0 Å². The van der Waals surface area contributed by atoms with Crippen molar-refractivity contribution in [3.8, 4) is 0 Å². The van der Waals surface area contributed by atoms with Crippen molar-refractivity contribution < 1.29 is 23.0 Å². The third-order valence-corrected chi connectivity index (χ3v) is 6.02. The van der Waals surface area contributed by atoms with Crippen LogP contribution in [0.15, 0.2) is 41.5 Å². The smallest absolute Gasteiger partial charge is 0.189 e. The van der Waals surface area contributed by atoms with Crippen LogP contribution in [0.4, 0.5) is 8.78 Å². The molecule has 1 aliphatic heterocycles. The Balaban J connectivity index is 1.89. The Morgan fingerprint density at radius 1 is 1.42 bits per heavy atom. The Kier molecular flexibility index (Phi) is 5.53. The molecule has 0 bridgehead atoms. The van der Waals surface area contributed by atoms with Gasteiger partial charge in [-0.2, -0.15) is 0 Å². The lowest BCUT2D eigenvalue weighted by atomic mass is 9.71. The highest BCUT2D eigenvalue weighted by Crippen LogP contribution is 2.46. The van der Waals surface area contributed by atoms with E-state index in [1.165, 1.54) is 30.0 Å². The predicted octanol–water partition coefficient (Wildman–Crippen LogP) is 4.66. The normalized spacial score (nSPS) is 26.1. The van der Waals surface area contributed by atoms with E-state index >= 15 is 0 Å². The Hall–Kier alpha value is -1.66. The van der Waals surface area contributed by atoms with Gasteiger partial charge in [0.2, 0.25) is 0 Å². The van der Waals surface area contributed by atoms with Gasteiger partial charge in [0.15, 0.2) is 12.6 Å². The third kappa shape index (κ3) is 3.32. The molecule has 6 heteroatoms. The lowest BCUT2D eigenvalue weighted by Crippen LogP contribution is -2.45. The molecule has 1 heterocycles. The molecular formula is C20H22F2O3S. The second kappa shape index (κ2) is 7.53. The fourth-order valence-electron chi connectivity index (χ4n) is 3.79. The van der Waals surface area contributed by atoms with Gasteiger partial charge in [-0.05, 0) is 49.1 Å². The number of benzene rings is 1. The molecule has 0 spiro atoms. The summed E-state index contributed by atoms with van der Waals surface area (Å²) in [5, 5.41) is 0. The van der Waals surface area contributed by atoms with E-state index in [1.807, 2.05) is 6.92 Å². The lowest BCUT2D eigenvalue weighted by molar-refractivity contribution is -0.123. The molecule has 0 N–H and O–H groups in total. The maximum Gasteiger partial charge on any atom is 0.189 e. The van der Waals surface area contributed by atoms with Crippen LogP contribution in [0.2, 0.25) is 0 Å². The first-order valence-electron chi connectivity index (χ1n) is 8.57. The van der Waals surface area contributed by atoms with Crippen LogP contribution >= 0.6 is 11.8 Å². The van der Waals surface area contributed by atoms with Gasteiger partial charge in [-0.25, -0.2) is 8.78 Å². The van der Waals surface area contributed by atoms with Crippen molar-refractivity contribution in [1.82, 2.24) is 0 Å². The van der Waals surface area contributed by atoms with Crippen molar-refractivity contribution in [3.05, 3.63) is 53.8 Å². The van der Waals surface area contributed by atoms with Crippen molar-refractivity contribution in [2.45, 2.75) is 36.7 Å². The quantitative estimate of drug-likeness (QED) is 0.531. The van der Waals surface area contributed by atoms with E-state index in [2.05, 4.69) is 6.58 Å². The highest BCUT2D eigenvalue weighted by molar-refractivity contribution is 7.98. The molecule has 1 aliphatic carbocycles. The maximum atomic E-state index is 14.4. The fraction of sp³-hybridized carbons (Fsp3) is 0.450. The van der Waals surface area contributed by atoms with Crippen molar-refractivity contribution >= 4 is 17.5 Å². The summed E-state index contributed by atoms with van der Waals surface area (Å²) in [4.78, 5) is 12.5. The van der Waals surface area contributed by atoms with Gasteiger partial charge >= 0.3 is 0 Å². The number of hydrogen-bond donors (Lipinski definition) is 0. The van der Waals surface area contributed by atoms with Gasteiger partial charge in [-0.1, -0.05) is 13.0 Å². The van der Waals surface area contributed by atoms with Crippen LogP contribution in [-0.4, -0.2) is 24.4 Å². The van der Waals surface area contributed by atoms with Gasteiger partial charge in [0.1, 0.15) is 23.0 Å². The summed E-state index contributed by atoms with van der Waals surface area (Å²) in [7, 11) is 0. The molecule has 0 radical (unpaired) electrons. The first-order chi connectivity index (χ1) is 12.4. The van der Waals surface area contributed by atoms with Crippen molar-refractivity contribution in [2.24, 2.45) is 11.8 Å². The van der Waals surface area contributed by atoms with E-state index in [-0.39, 0.29) is 35.7 Å². The Labute approximate surface area is 156 Å². The molecule has 2 aliphatic rings. The third-order valence-electron chi connectivity index (χ3n) is 5.27. The molecule has 0 aromatic heterocycles. The number of thioether (sulfide) groups is 1. The highest BCUT2D eigenvalue weighted by atomic mass is 32.2. The predicted molar refractivity (Wildman–Crippen MR) is 96.8 cm³/mol. The lowest BCUT2D eigenvalue weighted by Gasteiger charge is -2.38. The molecule has 1 aromatic carbocycles. The highest BCUT2D eigenvalue weighted by Gasteiger charge is 2.51. The molecule has 3 atom stereocenters. The van der Waals surface area contributed by atoms with Gasteiger partial charge in [0.05, 0.1) is 0 Å². The number of rotatable bonds is 6. The minimum Gasteiger partial charge on any atom is -0.469 e. The molecule has 26 heavy (non-hydrogen) atoms. The zero-order chi connectivity index (χ0) is 18.9. The molecule has 1 saturated heterocycles. The number of carbonyl (C=O) groups is 1. The van der Waals surface area contributed by atoms with E-state index in [0.29, 0.717) is 24.2 Å². The summed E-state index contributed by atoms with van der Waals surface area (Å²) in [6, 6.07) is 2.48. The van der Waals surface area contributed by atoms with Gasteiger partial charge in [0, 0.05) is 16.9 Å². The van der Waals surface area contributed by atoms with E-state index in [0.717, 1.165) is 0 Å². The Morgan fingerprint density at radius 3 is 2.88 bits per heavy atom. The van der Waals surface area contributed by atoms with E-state index in [1.54, 1.807) is 12.3 Å². The number of ether oxygens (including phenoxy) is 2.